The highest BCUT2D eigenvalue weighted by Crippen LogP contribution is 2.31. The van der Waals surface area contributed by atoms with Gasteiger partial charge in [0.2, 0.25) is 0 Å². The Labute approximate surface area is 212 Å². The van der Waals surface area contributed by atoms with Gasteiger partial charge in [-0.25, -0.2) is 9.69 Å². The number of nitrogens with one attached hydrogen (secondary N) is 1. The van der Waals surface area contributed by atoms with Crippen LogP contribution in [0.1, 0.15) is 22.3 Å². The second kappa shape index (κ2) is 10.3. The first-order valence-electron chi connectivity index (χ1n) is 11.2. The number of anilines is 1. The summed E-state index contributed by atoms with van der Waals surface area (Å²) >= 11 is 0. The van der Waals surface area contributed by atoms with Gasteiger partial charge in [-0.1, -0.05) is 18.2 Å². The minimum absolute atomic E-state index is 0.0159. The van der Waals surface area contributed by atoms with Gasteiger partial charge in [0.1, 0.15) is 12.2 Å². The molecule has 0 aliphatic carbocycles. The van der Waals surface area contributed by atoms with E-state index in [4.69, 9.17) is 9.47 Å². The van der Waals surface area contributed by atoms with Gasteiger partial charge in [0.15, 0.2) is 11.5 Å². The molecule has 0 atom stereocenters. The lowest BCUT2D eigenvalue weighted by Crippen LogP contribution is -2.54. The van der Waals surface area contributed by atoms with Gasteiger partial charge in [-0.15, -0.1) is 0 Å². The van der Waals surface area contributed by atoms with Crippen molar-refractivity contribution in [3.63, 3.8) is 0 Å². The van der Waals surface area contributed by atoms with Crippen molar-refractivity contribution < 1.29 is 28.8 Å². The van der Waals surface area contributed by atoms with Crippen molar-refractivity contribution >= 4 is 35.3 Å². The highest BCUT2D eigenvalue weighted by Gasteiger charge is 2.37. The lowest BCUT2D eigenvalue weighted by atomic mass is 10.0. The van der Waals surface area contributed by atoms with Crippen molar-refractivity contribution in [1.82, 2.24) is 5.32 Å². The Balaban J connectivity index is 1.58. The fraction of sp³-hybridized carbons (Fsp3) is 0.148. The van der Waals surface area contributed by atoms with E-state index in [1.807, 2.05) is 13.0 Å². The first-order valence-corrected chi connectivity index (χ1v) is 11.2. The van der Waals surface area contributed by atoms with Gasteiger partial charge < -0.3 is 9.47 Å². The van der Waals surface area contributed by atoms with Crippen LogP contribution in [0, 0.1) is 24.0 Å². The van der Waals surface area contributed by atoms with E-state index in [-0.39, 0.29) is 17.9 Å². The minimum atomic E-state index is -0.812. The summed E-state index contributed by atoms with van der Waals surface area (Å²) in [6.45, 7) is 3.76. The maximum absolute atomic E-state index is 13.2. The molecule has 1 aliphatic heterocycles. The molecule has 3 aromatic rings. The molecule has 0 bridgehead atoms. The summed E-state index contributed by atoms with van der Waals surface area (Å²) in [5.74, 6) is -0.786. The van der Waals surface area contributed by atoms with Crippen LogP contribution >= 0.6 is 0 Å². The molecule has 1 aliphatic rings. The second-order valence-electron chi connectivity index (χ2n) is 8.37. The van der Waals surface area contributed by atoms with Crippen LogP contribution in [0.2, 0.25) is 0 Å². The van der Waals surface area contributed by atoms with Crippen molar-refractivity contribution in [1.29, 1.82) is 0 Å². The average Bonchev–Trinajstić information content (AvgIpc) is 2.87. The molecule has 37 heavy (non-hydrogen) atoms. The molecule has 1 saturated heterocycles. The molecule has 188 valence electrons. The maximum Gasteiger partial charge on any atom is 0.335 e. The van der Waals surface area contributed by atoms with E-state index in [0.29, 0.717) is 28.3 Å². The normalized spacial score (nSPS) is 14.5. The number of aryl methyl sites for hydroxylation is 2. The first kappa shape index (κ1) is 25.1. The highest BCUT2D eigenvalue weighted by atomic mass is 16.6. The number of urea groups is 1. The molecule has 1 heterocycles. The molecule has 4 amide bonds. The number of carbonyl (C=O) groups is 3. The molecule has 3 aromatic carbocycles. The molecular formula is C27H23N3O7. The number of hydrogen-bond donors (Lipinski definition) is 1. The number of hydrogen-bond acceptors (Lipinski definition) is 7. The molecule has 1 fully saturated rings. The first-order chi connectivity index (χ1) is 17.7. The number of benzene rings is 3. The van der Waals surface area contributed by atoms with E-state index in [0.717, 1.165) is 16.0 Å². The van der Waals surface area contributed by atoms with Gasteiger partial charge in [0.05, 0.1) is 17.7 Å². The van der Waals surface area contributed by atoms with Crippen LogP contribution in [0.5, 0.6) is 11.5 Å². The van der Waals surface area contributed by atoms with Gasteiger partial charge in [-0.2, -0.15) is 0 Å². The molecule has 1 N–H and O–H groups in total. The molecular weight excluding hydrogens is 478 g/mol. The van der Waals surface area contributed by atoms with Crippen LogP contribution in [0.15, 0.2) is 66.2 Å². The summed E-state index contributed by atoms with van der Waals surface area (Å²) in [5, 5.41) is 13.0. The quantitative estimate of drug-likeness (QED) is 0.219. The zero-order chi connectivity index (χ0) is 26.7. The summed E-state index contributed by atoms with van der Waals surface area (Å²) in [7, 11) is 1.45. The molecule has 0 spiro atoms. The Kier molecular flexibility index (Phi) is 7.01. The van der Waals surface area contributed by atoms with Gasteiger partial charge in [-0.3, -0.25) is 25.0 Å². The fourth-order valence-electron chi connectivity index (χ4n) is 3.77. The predicted molar refractivity (Wildman–Crippen MR) is 135 cm³/mol. The molecule has 4 rings (SSSR count). The molecule has 0 radical (unpaired) electrons. The van der Waals surface area contributed by atoms with E-state index in [9.17, 15) is 24.5 Å². The van der Waals surface area contributed by atoms with Crippen molar-refractivity contribution in [3.8, 4) is 11.5 Å². The van der Waals surface area contributed by atoms with E-state index >= 15 is 0 Å². The number of non-ortho nitro benzene ring substituents is 1. The number of methoxy groups -OCH3 is 1. The highest BCUT2D eigenvalue weighted by molar-refractivity contribution is 6.39. The fourth-order valence-corrected chi connectivity index (χ4v) is 3.77. The number of nitro groups is 1. The van der Waals surface area contributed by atoms with Crippen molar-refractivity contribution in [3.05, 3.63) is 98.6 Å². The molecule has 10 nitrogen and oxygen atoms in total. The van der Waals surface area contributed by atoms with E-state index in [1.165, 1.54) is 25.3 Å². The molecule has 10 heteroatoms. The zero-order valence-corrected chi connectivity index (χ0v) is 20.3. The van der Waals surface area contributed by atoms with Crippen LogP contribution in [0.3, 0.4) is 0 Å². The Morgan fingerprint density at radius 1 is 0.973 bits per heavy atom. The Morgan fingerprint density at radius 2 is 1.70 bits per heavy atom. The van der Waals surface area contributed by atoms with E-state index in [2.05, 4.69) is 5.32 Å². The number of carbonyl (C=O) groups excluding carboxylic acids is 3. The number of rotatable bonds is 7. The standard InChI is InChI=1S/C27H23N3O7/c1-16-4-5-17(2)22(12-16)29-26(32)21(25(31)28-27(29)33)13-19-8-11-23(24(14-19)36-3)37-15-18-6-9-20(10-7-18)30(34)35/h4-14H,15H2,1-3H3,(H,28,31,33)/b21-13+. The number of nitro benzene ring substituents is 1. The van der Waals surface area contributed by atoms with Crippen LogP contribution < -0.4 is 19.7 Å². The van der Waals surface area contributed by atoms with E-state index in [1.54, 1.807) is 49.4 Å². The molecule has 0 saturated carbocycles. The number of ether oxygens (including phenoxy) is 2. The van der Waals surface area contributed by atoms with Gasteiger partial charge in [0, 0.05) is 12.1 Å². The number of amides is 4. The number of barbiturate groups is 1. The van der Waals surface area contributed by atoms with Crippen molar-refractivity contribution in [2.24, 2.45) is 0 Å². The summed E-state index contributed by atoms with van der Waals surface area (Å²) in [6.07, 6.45) is 1.38. The van der Waals surface area contributed by atoms with Crippen LogP contribution in [-0.2, 0) is 16.2 Å². The van der Waals surface area contributed by atoms with Crippen molar-refractivity contribution in [2.45, 2.75) is 20.5 Å². The number of imide groups is 2. The summed E-state index contributed by atoms with van der Waals surface area (Å²) in [6, 6.07) is 15.4. The lowest BCUT2D eigenvalue weighted by molar-refractivity contribution is -0.384. The van der Waals surface area contributed by atoms with E-state index < -0.39 is 22.8 Å². The summed E-state index contributed by atoms with van der Waals surface area (Å²) in [4.78, 5) is 49.6. The minimum Gasteiger partial charge on any atom is -0.493 e. The topological polar surface area (TPSA) is 128 Å². The summed E-state index contributed by atoms with van der Waals surface area (Å²) < 4.78 is 11.2. The predicted octanol–water partition coefficient (Wildman–Crippen LogP) is 4.47. The van der Waals surface area contributed by atoms with Gasteiger partial charge in [-0.05, 0) is 72.5 Å². The SMILES string of the molecule is COc1cc(/C=C2\C(=O)NC(=O)N(c3cc(C)ccc3C)C2=O)ccc1OCc1ccc([N+](=O)[O-])cc1. The van der Waals surface area contributed by atoms with Crippen LogP contribution in [0.4, 0.5) is 16.2 Å². The second-order valence-corrected chi connectivity index (χ2v) is 8.37. The Hall–Kier alpha value is -4.99. The third-order valence-electron chi connectivity index (χ3n) is 5.75. The average molecular weight is 501 g/mol. The maximum atomic E-state index is 13.2. The number of nitrogens with zero attached hydrogens (tertiary/aromatic N) is 2. The third kappa shape index (κ3) is 5.32. The van der Waals surface area contributed by atoms with Crippen molar-refractivity contribution in [2.75, 3.05) is 12.0 Å². The largest absolute Gasteiger partial charge is 0.493 e. The smallest absolute Gasteiger partial charge is 0.335 e. The molecule has 0 unspecified atom stereocenters. The van der Waals surface area contributed by atoms with Crippen LogP contribution in [0.25, 0.3) is 6.08 Å². The van der Waals surface area contributed by atoms with Crippen LogP contribution in [-0.4, -0.2) is 29.9 Å². The zero-order valence-electron chi connectivity index (χ0n) is 20.3. The summed E-state index contributed by atoms with van der Waals surface area (Å²) in [5.41, 5.74) is 2.94. The monoisotopic (exact) mass is 501 g/mol. The van der Waals surface area contributed by atoms with Gasteiger partial charge >= 0.3 is 6.03 Å². The Morgan fingerprint density at radius 3 is 2.38 bits per heavy atom. The Bertz CT molecular complexity index is 1440. The lowest BCUT2D eigenvalue weighted by Gasteiger charge is -2.27. The third-order valence-corrected chi connectivity index (χ3v) is 5.75. The molecule has 0 aromatic heterocycles. The van der Waals surface area contributed by atoms with Gasteiger partial charge in [0.25, 0.3) is 17.5 Å².